The average molecular weight is 312 g/mol. The third kappa shape index (κ3) is 2.83. The van der Waals surface area contributed by atoms with Crippen molar-refractivity contribution in [2.24, 2.45) is 5.92 Å². The molecule has 1 atom stereocenters. The van der Waals surface area contributed by atoms with Gasteiger partial charge in [-0.15, -0.1) is 0 Å². The van der Waals surface area contributed by atoms with Crippen LogP contribution in [-0.4, -0.2) is 0 Å². The molecule has 1 heteroatoms. The summed E-state index contributed by atoms with van der Waals surface area (Å²) < 4.78 is 1.47. The molecule has 0 heterocycles. The molecule has 15 heavy (non-hydrogen) atoms. The summed E-state index contributed by atoms with van der Waals surface area (Å²) in [7, 11) is 0. The summed E-state index contributed by atoms with van der Waals surface area (Å²) in [5.74, 6) is 0.747. The summed E-state index contributed by atoms with van der Waals surface area (Å²) >= 11 is 2.45. The van der Waals surface area contributed by atoms with Crippen LogP contribution in [0, 0.1) is 5.92 Å². The first-order valence-electron chi connectivity index (χ1n) is 5.67. The van der Waals surface area contributed by atoms with E-state index in [0.717, 1.165) is 5.92 Å². The molecule has 0 aliphatic heterocycles. The molecule has 0 bridgehead atoms. The van der Waals surface area contributed by atoms with Gasteiger partial charge in [0, 0.05) is 3.58 Å². The van der Waals surface area contributed by atoms with Gasteiger partial charge < -0.3 is 0 Å². The monoisotopic (exact) mass is 312 g/mol. The number of hydrogen-bond acceptors (Lipinski definition) is 0. The molecule has 0 aromatic rings. The first-order valence-corrected chi connectivity index (χ1v) is 6.75. The molecule has 80 valence electrons. The van der Waals surface area contributed by atoms with Crippen molar-refractivity contribution >= 4 is 22.6 Å². The van der Waals surface area contributed by atoms with Gasteiger partial charge in [-0.1, -0.05) is 48.5 Å². The van der Waals surface area contributed by atoms with E-state index in [1.807, 2.05) is 0 Å². The minimum Gasteiger partial charge on any atom is -0.0805 e. The van der Waals surface area contributed by atoms with Crippen molar-refractivity contribution in [3.8, 4) is 0 Å². The van der Waals surface area contributed by atoms with Crippen molar-refractivity contribution in [1.29, 1.82) is 0 Å². The second-order valence-corrected chi connectivity index (χ2v) is 5.53. The van der Waals surface area contributed by atoms with Crippen molar-refractivity contribution in [2.75, 3.05) is 0 Å². The van der Waals surface area contributed by atoms with Gasteiger partial charge in [0.25, 0.3) is 0 Å². The van der Waals surface area contributed by atoms with Gasteiger partial charge in [-0.05, 0) is 54.2 Å². The average Bonchev–Trinajstić information content (AvgIpc) is 2.85. The quantitative estimate of drug-likeness (QED) is 0.645. The molecule has 0 aromatic heterocycles. The molecule has 0 radical (unpaired) electrons. The Kier molecular flexibility index (Phi) is 3.84. The van der Waals surface area contributed by atoms with Gasteiger partial charge in [0.15, 0.2) is 0 Å². The number of rotatable bonds is 4. The summed E-state index contributed by atoms with van der Waals surface area (Å²) in [5, 5.41) is 0. The fourth-order valence-corrected chi connectivity index (χ4v) is 2.89. The van der Waals surface area contributed by atoms with Crippen LogP contribution in [0.1, 0.15) is 32.6 Å². The van der Waals surface area contributed by atoms with Crippen LogP contribution in [0.25, 0.3) is 0 Å². The van der Waals surface area contributed by atoms with Crippen LogP contribution < -0.4 is 0 Å². The Morgan fingerprint density at radius 1 is 1.33 bits per heavy atom. The SMILES string of the molecule is C[C@H](CCC1=C(I)C=CC1)C1=CC=CC1. The first kappa shape index (κ1) is 11.2. The largest absolute Gasteiger partial charge is 0.0805 e. The number of allylic oxidation sites excluding steroid dienone is 8. The molecular weight excluding hydrogens is 295 g/mol. The molecule has 2 rings (SSSR count). The zero-order chi connectivity index (χ0) is 10.7. The lowest BCUT2D eigenvalue weighted by molar-refractivity contribution is 0.600. The first-order chi connectivity index (χ1) is 7.27. The third-order valence-corrected chi connectivity index (χ3v) is 4.40. The van der Waals surface area contributed by atoms with Crippen LogP contribution in [0.3, 0.4) is 0 Å². The normalized spacial score (nSPS) is 21.3. The highest BCUT2D eigenvalue weighted by Crippen LogP contribution is 2.31. The highest BCUT2D eigenvalue weighted by Gasteiger charge is 2.12. The number of halogens is 1. The van der Waals surface area contributed by atoms with E-state index in [9.17, 15) is 0 Å². The maximum absolute atomic E-state index is 2.45. The Hall–Kier alpha value is -0.310. The zero-order valence-electron chi connectivity index (χ0n) is 9.17. The number of hydrogen-bond donors (Lipinski definition) is 0. The summed E-state index contributed by atoms with van der Waals surface area (Å²) in [6, 6.07) is 0. The molecule has 0 aromatic carbocycles. The molecule has 0 nitrogen and oxygen atoms in total. The Morgan fingerprint density at radius 3 is 2.80 bits per heavy atom. The van der Waals surface area contributed by atoms with Gasteiger partial charge in [0.2, 0.25) is 0 Å². The van der Waals surface area contributed by atoms with E-state index < -0.39 is 0 Å². The predicted octanol–water partition coefficient (Wildman–Crippen LogP) is 4.94. The second-order valence-electron chi connectivity index (χ2n) is 4.37. The van der Waals surface area contributed by atoms with Crippen LogP contribution >= 0.6 is 22.6 Å². The third-order valence-electron chi connectivity index (χ3n) is 3.28. The molecule has 2 aliphatic rings. The van der Waals surface area contributed by atoms with Crippen LogP contribution in [0.4, 0.5) is 0 Å². The van der Waals surface area contributed by atoms with Gasteiger partial charge in [-0.25, -0.2) is 0 Å². The van der Waals surface area contributed by atoms with Gasteiger partial charge in [-0.3, -0.25) is 0 Å². The highest BCUT2D eigenvalue weighted by atomic mass is 127. The Morgan fingerprint density at radius 2 is 2.20 bits per heavy atom. The summed E-state index contributed by atoms with van der Waals surface area (Å²) in [6.45, 7) is 2.36. The van der Waals surface area contributed by atoms with Crippen molar-refractivity contribution in [3.05, 3.63) is 45.1 Å². The van der Waals surface area contributed by atoms with Crippen LogP contribution in [0.15, 0.2) is 45.1 Å². The van der Waals surface area contributed by atoms with Crippen LogP contribution in [0.5, 0.6) is 0 Å². The molecule has 0 amide bonds. The summed E-state index contributed by atoms with van der Waals surface area (Å²) in [4.78, 5) is 0. The maximum atomic E-state index is 2.45. The molecular formula is C14H17I. The van der Waals surface area contributed by atoms with E-state index in [0.29, 0.717) is 0 Å². The topological polar surface area (TPSA) is 0 Å². The van der Waals surface area contributed by atoms with E-state index in [2.05, 4.69) is 59.9 Å². The minimum atomic E-state index is 0.747. The standard InChI is InChI=1S/C14H17I/c1-11(12-5-2-3-6-12)9-10-13-7-4-8-14(13)15/h2-5,8,11H,6-7,9-10H2,1H3/t11-/m1/s1. The van der Waals surface area contributed by atoms with Crippen molar-refractivity contribution in [2.45, 2.75) is 32.6 Å². The molecule has 0 unspecified atom stereocenters. The van der Waals surface area contributed by atoms with Crippen molar-refractivity contribution in [1.82, 2.24) is 0 Å². The van der Waals surface area contributed by atoms with Crippen LogP contribution in [0.2, 0.25) is 0 Å². The van der Waals surface area contributed by atoms with Crippen molar-refractivity contribution in [3.63, 3.8) is 0 Å². The molecule has 0 spiro atoms. The molecule has 0 fully saturated rings. The smallest absolute Gasteiger partial charge is 0.0122 e. The van der Waals surface area contributed by atoms with Crippen LogP contribution in [-0.2, 0) is 0 Å². The van der Waals surface area contributed by atoms with E-state index in [-0.39, 0.29) is 0 Å². The molecule has 2 aliphatic carbocycles. The van der Waals surface area contributed by atoms with Gasteiger partial charge in [0.1, 0.15) is 0 Å². The lowest BCUT2D eigenvalue weighted by Gasteiger charge is -2.13. The molecule has 0 N–H and O–H groups in total. The lowest BCUT2D eigenvalue weighted by Crippen LogP contribution is -1.98. The maximum Gasteiger partial charge on any atom is 0.0122 e. The van der Waals surface area contributed by atoms with Gasteiger partial charge in [0.05, 0.1) is 0 Å². The summed E-state index contributed by atoms with van der Waals surface area (Å²) in [6.07, 6.45) is 16.2. The molecule has 0 saturated heterocycles. The van der Waals surface area contributed by atoms with E-state index in [1.54, 1.807) is 11.1 Å². The van der Waals surface area contributed by atoms with Gasteiger partial charge >= 0.3 is 0 Å². The predicted molar refractivity (Wildman–Crippen MR) is 75.0 cm³/mol. The second kappa shape index (κ2) is 5.15. The Balaban J connectivity index is 1.81. The lowest BCUT2D eigenvalue weighted by atomic mass is 9.93. The fourth-order valence-electron chi connectivity index (χ4n) is 2.15. The minimum absolute atomic E-state index is 0.747. The Bertz CT molecular complexity index is 356. The zero-order valence-corrected chi connectivity index (χ0v) is 11.3. The fraction of sp³-hybridized carbons (Fsp3) is 0.429. The van der Waals surface area contributed by atoms with Crippen molar-refractivity contribution < 1.29 is 0 Å². The van der Waals surface area contributed by atoms with Gasteiger partial charge in [-0.2, -0.15) is 0 Å². The van der Waals surface area contributed by atoms with E-state index in [4.69, 9.17) is 0 Å². The van der Waals surface area contributed by atoms with E-state index >= 15 is 0 Å². The van der Waals surface area contributed by atoms with E-state index in [1.165, 1.54) is 29.3 Å². The Labute approximate surface area is 106 Å². The highest BCUT2D eigenvalue weighted by molar-refractivity contribution is 14.1. The molecule has 0 saturated carbocycles. The summed E-state index contributed by atoms with van der Waals surface area (Å²) in [5.41, 5.74) is 3.24.